The van der Waals surface area contributed by atoms with Crippen LogP contribution in [0, 0.1) is 0 Å². The Balaban J connectivity index is 2.27. The van der Waals surface area contributed by atoms with Crippen LogP contribution in [0.2, 0.25) is 5.02 Å². The summed E-state index contributed by atoms with van der Waals surface area (Å²) >= 11 is 6.15. The first-order valence-electron chi connectivity index (χ1n) is 6.10. The predicted molar refractivity (Wildman–Crippen MR) is 72.8 cm³/mol. The molecule has 0 unspecified atom stereocenters. The minimum absolute atomic E-state index is 0.0834. The molecule has 1 heterocycles. The zero-order valence-corrected chi connectivity index (χ0v) is 11.7. The van der Waals surface area contributed by atoms with Crippen LogP contribution in [0.1, 0.15) is 17.3 Å². The SMILES string of the molecule is CCN(CCO)C(=O)c1ccc(-n2cnnn2)cc1Cl. The molecule has 0 radical (unpaired) electrons. The standard InChI is InChI=1S/C12H14ClN5O2/c1-2-17(5-6-19)12(20)10-4-3-9(7-11(10)13)18-8-14-15-16-18/h3-4,7-8,19H,2,5-6H2,1H3. The van der Waals surface area contributed by atoms with Gasteiger partial charge in [-0.2, -0.15) is 0 Å². The highest BCUT2D eigenvalue weighted by Crippen LogP contribution is 2.21. The van der Waals surface area contributed by atoms with Crippen LogP contribution < -0.4 is 0 Å². The molecular formula is C12H14ClN5O2. The van der Waals surface area contributed by atoms with Gasteiger partial charge in [-0.3, -0.25) is 4.79 Å². The molecule has 0 bridgehead atoms. The molecule has 0 spiro atoms. The molecule has 0 saturated carbocycles. The van der Waals surface area contributed by atoms with Crippen LogP contribution in [0.25, 0.3) is 5.69 Å². The fraction of sp³-hybridized carbons (Fsp3) is 0.333. The molecule has 0 atom stereocenters. The molecule has 7 nitrogen and oxygen atoms in total. The van der Waals surface area contributed by atoms with Gasteiger partial charge in [0, 0.05) is 13.1 Å². The first-order chi connectivity index (χ1) is 9.67. The van der Waals surface area contributed by atoms with Gasteiger partial charge in [0.15, 0.2) is 0 Å². The monoisotopic (exact) mass is 295 g/mol. The van der Waals surface area contributed by atoms with E-state index in [9.17, 15) is 4.79 Å². The summed E-state index contributed by atoms with van der Waals surface area (Å²) in [5, 5.41) is 20.1. The summed E-state index contributed by atoms with van der Waals surface area (Å²) < 4.78 is 1.45. The van der Waals surface area contributed by atoms with E-state index in [0.717, 1.165) is 0 Å². The minimum atomic E-state index is -0.213. The molecule has 1 aromatic heterocycles. The molecule has 0 aliphatic carbocycles. The largest absolute Gasteiger partial charge is 0.395 e. The number of aliphatic hydroxyl groups is 1. The van der Waals surface area contributed by atoms with E-state index in [0.29, 0.717) is 22.8 Å². The normalized spacial score (nSPS) is 10.6. The average Bonchev–Trinajstić information content (AvgIpc) is 2.98. The summed E-state index contributed by atoms with van der Waals surface area (Å²) in [5.41, 5.74) is 1.06. The van der Waals surface area contributed by atoms with E-state index in [2.05, 4.69) is 15.5 Å². The quantitative estimate of drug-likeness (QED) is 0.881. The Hall–Kier alpha value is -1.99. The van der Waals surface area contributed by atoms with Crippen molar-refractivity contribution in [2.24, 2.45) is 0 Å². The van der Waals surface area contributed by atoms with Crippen molar-refractivity contribution in [2.45, 2.75) is 6.92 Å². The van der Waals surface area contributed by atoms with Crippen LogP contribution in [-0.4, -0.2) is 55.8 Å². The number of nitrogens with zero attached hydrogens (tertiary/aromatic N) is 5. The van der Waals surface area contributed by atoms with Gasteiger partial charge in [0.2, 0.25) is 0 Å². The van der Waals surface area contributed by atoms with Crippen LogP contribution >= 0.6 is 11.6 Å². The number of rotatable bonds is 5. The van der Waals surface area contributed by atoms with Gasteiger partial charge in [0.25, 0.3) is 5.91 Å². The van der Waals surface area contributed by atoms with Crippen LogP contribution in [0.15, 0.2) is 24.5 Å². The maximum atomic E-state index is 12.3. The number of halogens is 1. The molecule has 0 aliphatic rings. The van der Waals surface area contributed by atoms with E-state index >= 15 is 0 Å². The average molecular weight is 296 g/mol. The lowest BCUT2D eigenvalue weighted by Gasteiger charge is -2.20. The fourth-order valence-electron chi connectivity index (χ4n) is 1.79. The Bertz CT molecular complexity index is 588. The number of carbonyl (C=O) groups excluding carboxylic acids is 1. The number of tetrazole rings is 1. The molecule has 106 valence electrons. The molecule has 2 rings (SSSR count). The number of aliphatic hydroxyl groups excluding tert-OH is 1. The summed E-state index contributed by atoms with van der Waals surface area (Å²) in [4.78, 5) is 13.8. The smallest absolute Gasteiger partial charge is 0.255 e. The van der Waals surface area contributed by atoms with Crippen LogP contribution in [0.3, 0.4) is 0 Å². The minimum Gasteiger partial charge on any atom is -0.395 e. The predicted octanol–water partition coefficient (Wildman–Crippen LogP) is 0.770. The van der Waals surface area contributed by atoms with Crippen molar-refractivity contribution >= 4 is 17.5 Å². The lowest BCUT2D eigenvalue weighted by molar-refractivity contribution is 0.0732. The van der Waals surface area contributed by atoms with Crippen LogP contribution in [0.4, 0.5) is 0 Å². The Labute approximate surface area is 120 Å². The molecule has 2 aromatic rings. The molecule has 1 aromatic carbocycles. The molecule has 1 amide bonds. The molecule has 1 N–H and O–H groups in total. The molecule has 20 heavy (non-hydrogen) atoms. The van der Waals surface area contributed by atoms with Crippen molar-refractivity contribution in [3.63, 3.8) is 0 Å². The second-order valence-corrected chi connectivity index (χ2v) is 4.43. The Morgan fingerprint density at radius 3 is 2.85 bits per heavy atom. The lowest BCUT2D eigenvalue weighted by atomic mass is 10.1. The molecule has 0 fully saturated rings. The van der Waals surface area contributed by atoms with Crippen molar-refractivity contribution in [3.05, 3.63) is 35.1 Å². The Morgan fingerprint density at radius 2 is 2.30 bits per heavy atom. The topological polar surface area (TPSA) is 84.1 Å². The highest BCUT2D eigenvalue weighted by molar-refractivity contribution is 6.34. The second-order valence-electron chi connectivity index (χ2n) is 4.03. The number of hydrogen-bond donors (Lipinski definition) is 1. The van der Waals surface area contributed by atoms with Crippen molar-refractivity contribution in [1.82, 2.24) is 25.1 Å². The lowest BCUT2D eigenvalue weighted by Crippen LogP contribution is -2.33. The highest BCUT2D eigenvalue weighted by Gasteiger charge is 2.17. The van der Waals surface area contributed by atoms with Gasteiger partial charge in [0.1, 0.15) is 6.33 Å². The summed E-state index contributed by atoms with van der Waals surface area (Å²) in [6, 6.07) is 4.96. The number of hydrogen-bond acceptors (Lipinski definition) is 5. The van der Waals surface area contributed by atoms with E-state index in [-0.39, 0.29) is 19.1 Å². The number of benzene rings is 1. The van der Waals surface area contributed by atoms with Crippen LogP contribution in [-0.2, 0) is 0 Å². The number of amides is 1. The van der Waals surface area contributed by atoms with E-state index in [1.54, 1.807) is 18.2 Å². The molecule has 0 saturated heterocycles. The first-order valence-corrected chi connectivity index (χ1v) is 6.48. The third-order valence-electron chi connectivity index (χ3n) is 2.84. The van der Waals surface area contributed by atoms with Crippen LogP contribution in [0.5, 0.6) is 0 Å². The summed E-state index contributed by atoms with van der Waals surface area (Å²) in [6.07, 6.45) is 1.44. The summed E-state index contributed by atoms with van der Waals surface area (Å²) in [5.74, 6) is -0.213. The summed E-state index contributed by atoms with van der Waals surface area (Å²) in [6.45, 7) is 2.54. The van der Waals surface area contributed by atoms with Gasteiger partial charge < -0.3 is 10.0 Å². The molecule has 8 heteroatoms. The van der Waals surface area contributed by atoms with Gasteiger partial charge in [-0.15, -0.1) is 5.10 Å². The van der Waals surface area contributed by atoms with Gasteiger partial charge in [-0.05, 0) is 35.5 Å². The molecule has 0 aliphatic heterocycles. The zero-order valence-electron chi connectivity index (χ0n) is 10.9. The number of aromatic nitrogens is 4. The van der Waals surface area contributed by atoms with E-state index in [1.165, 1.54) is 15.9 Å². The third-order valence-corrected chi connectivity index (χ3v) is 3.15. The van der Waals surface area contributed by atoms with E-state index in [4.69, 9.17) is 16.7 Å². The summed E-state index contributed by atoms with van der Waals surface area (Å²) in [7, 11) is 0. The van der Waals surface area contributed by atoms with Gasteiger partial charge in [-0.1, -0.05) is 11.6 Å². The van der Waals surface area contributed by atoms with E-state index in [1.807, 2.05) is 6.92 Å². The highest BCUT2D eigenvalue weighted by atomic mass is 35.5. The van der Waals surface area contributed by atoms with Crippen molar-refractivity contribution in [3.8, 4) is 5.69 Å². The first kappa shape index (κ1) is 14.4. The van der Waals surface area contributed by atoms with Gasteiger partial charge >= 0.3 is 0 Å². The van der Waals surface area contributed by atoms with Crippen molar-refractivity contribution in [2.75, 3.05) is 19.7 Å². The maximum absolute atomic E-state index is 12.3. The second kappa shape index (κ2) is 6.44. The Kier molecular flexibility index (Phi) is 4.65. The van der Waals surface area contributed by atoms with Gasteiger partial charge in [-0.25, -0.2) is 4.68 Å². The van der Waals surface area contributed by atoms with E-state index < -0.39 is 0 Å². The fourth-order valence-corrected chi connectivity index (χ4v) is 2.05. The maximum Gasteiger partial charge on any atom is 0.255 e. The number of carbonyl (C=O) groups is 1. The Morgan fingerprint density at radius 1 is 1.50 bits per heavy atom. The number of likely N-dealkylation sites (N-methyl/N-ethyl adjacent to an activating group) is 1. The van der Waals surface area contributed by atoms with Crippen molar-refractivity contribution in [1.29, 1.82) is 0 Å². The van der Waals surface area contributed by atoms with Gasteiger partial charge in [0.05, 0.1) is 22.9 Å². The third kappa shape index (κ3) is 2.94. The zero-order chi connectivity index (χ0) is 14.5. The molecular weight excluding hydrogens is 282 g/mol. The van der Waals surface area contributed by atoms with Crippen molar-refractivity contribution < 1.29 is 9.90 Å².